The molecule has 1 aliphatic carbocycles. The molecule has 159 valence electrons. The zero-order valence-electron chi connectivity index (χ0n) is 19.2. The Kier molecular flexibility index (Phi) is 9.96. The van der Waals surface area contributed by atoms with Crippen LogP contribution in [0.4, 0.5) is 5.69 Å². The third-order valence-electron chi connectivity index (χ3n) is 6.32. The molecule has 0 heterocycles. The first-order chi connectivity index (χ1) is 13.3. The molecule has 0 aliphatic heterocycles. The van der Waals surface area contributed by atoms with Crippen molar-refractivity contribution in [3.05, 3.63) is 80.9 Å². The Morgan fingerprint density at radius 1 is 0.900 bits per heavy atom. The minimum atomic E-state index is 0. The van der Waals surface area contributed by atoms with Gasteiger partial charge in [-0.2, -0.15) is 0 Å². The third-order valence-corrected chi connectivity index (χ3v) is 7.15. The topological polar surface area (TPSA) is 3.24 Å². The number of hydrogen-bond acceptors (Lipinski definition) is 1. The first kappa shape index (κ1) is 27.0. The zero-order valence-corrected chi connectivity index (χ0v) is 22.2. The van der Waals surface area contributed by atoms with E-state index in [4.69, 9.17) is 0 Å². The van der Waals surface area contributed by atoms with Crippen molar-refractivity contribution in [2.24, 2.45) is 0 Å². The molecular formula is C26H32Cl2NTi. The summed E-state index contributed by atoms with van der Waals surface area (Å²) in [4.78, 5) is 0. The maximum Gasteiger partial charge on any atom is -1.00 e. The maximum absolute atomic E-state index is 2.50. The molecule has 2 aromatic carbocycles. The number of hydrogen-bond donors (Lipinski definition) is 0. The van der Waals surface area contributed by atoms with Gasteiger partial charge in [0.05, 0.1) is 0 Å². The number of halogens is 2. The van der Waals surface area contributed by atoms with E-state index >= 15 is 0 Å². The second-order valence-electron chi connectivity index (χ2n) is 8.31. The Balaban J connectivity index is 0.00000225. The van der Waals surface area contributed by atoms with E-state index in [0.717, 1.165) is 12.8 Å². The Bertz CT molecular complexity index is 952. The summed E-state index contributed by atoms with van der Waals surface area (Å²) in [5.41, 5.74) is 14.3. The van der Waals surface area contributed by atoms with Crippen molar-refractivity contribution in [2.45, 2.75) is 67.3 Å². The summed E-state index contributed by atoms with van der Waals surface area (Å²) in [6, 6.07) is 14.0. The van der Waals surface area contributed by atoms with Crippen LogP contribution in [0.3, 0.4) is 0 Å². The van der Waals surface area contributed by atoms with Crippen LogP contribution in [0.5, 0.6) is 0 Å². The van der Waals surface area contributed by atoms with Crippen molar-refractivity contribution in [2.75, 3.05) is 3.38 Å². The second kappa shape index (κ2) is 11.0. The monoisotopic (exact) mass is 476 g/mol. The smallest absolute Gasteiger partial charge is 1.00 e. The van der Waals surface area contributed by atoms with Gasteiger partial charge in [0, 0.05) is 0 Å². The quantitative estimate of drug-likeness (QED) is 0.592. The Labute approximate surface area is 207 Å². The van der Waals surface area contributed by atoms with Gasteiger partial charge in [0.15, 0.2) is 0 Å². The molecule has 0 saturated heterocycles. The number of rotatable bonds is 5. The molecule has 0 N–H and O–H groups in total. The molecular weight excluding hydrogens is 445 g/mol. The van der Waals surface area contributed by atoms with E-state index < -0.39 is 0 Å². The predicted octanol–water partition coefficient (Wildman–Crippen LogP) is 1.55. The molecule has 0 spiro atoms. The van der Waals surface area contributed by atoms with Crippen LogP contribution in [0.25, 0.3) is 5.57 Å². The molecule has 1 nitrogen and oxygen atoms in total. The van der Waals surface area contributed by atoms with Crippen LogP contribution in [-0.2, 0) is 20.7 Å². The van der Waals surface area contributed by atoms with Gasteiger partial charge in [-0.05, 0) is 0 Å². The summed E-state index contributed by atoms with van der Waals surface area (Å²) in [5, 5.41) is 0. The largest absolute Gasteiger partial charge is 1.00 e. The van der Waals surface area contributed by atoms with Crippen molar-refractivity contribution in [3.63, 3.8) is 0 Å². The molecule has 1 unspecified atom stereocenters. The Morgan fingerprint density at radius 3 is 1.97 bits per heavy atom. The van der Waals surface area contributed by atoms with Crippen LogP contribution in [0.15, 0.2) is 53.1 Å². The summed E-state index contributed by atoms with van der Waals surface area (Å²) in [7, 11) is 0. The normalized spacial score (nSPS) is 14.4. The molecule has 0 saturated carbocycles. The number of nitrogens with zero attached hydrogens (tertiary/aromatic N) is 1. The molecule has 0 amide bonds. The molecule has 2 aromatic rings. The fourth-order valence-corrected chi connectivity index (χ4v) is 5.74. The van der Waals surface area contributed by atoms with Crippen LogP contribution >= 0.6 is 0 Å². The van der Waals surface area contributed by atoms with Gasteiger partial charge in [-0.15, -0.1) is 0 Å². The van der Waals surface area contributed by atoms with Gasteiger partial charge in [0.25, 0.3) is 0 Å². The molecule has 30 heavy (non-hydrogen) atoms. The zero-order chi connectivity index (χ0) is 20.6. The number of allylic oxidation sites excluding steroid dienone is 4. The van der Waals surface area contributed by atoms with Crippen LogP contribution < -0.4 is 28.2 Å². The van der Waals surface area contributed by atoms with Crippen LogP contribution in [-0.4, -0.2) is 0 Å². The van der Waals surface area contributed by atoms with Crippen molar-refractivity contribution >= 4 is 11.3 Å². The molecule has 0 fully saturated rings. The van der Waals surface area contributed by atoms with Gasteiger partial charge >= 0.3 is 184 Å². The average Bonchev–Trinajstić information content (AvgIpc) is 2.89. The van der Waals surface area contributed by atoms with E-state index in [0.29, 0.717) is 6.04 Å². The number of benzene rings is 2. The van der Waals surface area contributed by atoms with Gasteiger partial charge < -0.3 is 24.8 Å². The molecule has 1 atom stereocenters. The number of aryl methyl sites for hydroxylation is 3. The standard InChI is InChI=1S/C26H32N.2ClH.Ti/c1-8-25(27-26-18(4)13-16(2)14-19(26)5)23-12-10-9-11-22(23)24-15-17(3)20(6)21(24)7;;;/h9-14,25H,8,15H2,1-7H3;2*1H;/q-1;;;+3/p-2. The van der Waals surface area contributed by atoms with Gasteiger partial charge in [-0.25, -0.2) is 0 Å². The Hall–Kier alpha value is -0.986. The minimum Gasteiger partial charge on any atom is -1.00 e. The van der Waals surface area contributed by atoms with Crippen molar-refractivity contribution in [1.82, 2.24) is 0 Å². The van der Waals surface area contributed by atoms with Gasteiger partial charge in [0.2, 0.25) is 0 Å². The van der Waals surface area contributed by atoms with E-state index in [2.05, 4.69) is 109 Å². The van der Waals surface area contributed by atoms with Gasteiger partial charge in [0.1, 0.15) is 0 Å². The summed E-state index contributed by atoms with van der Waals surface area (Å²) >= 11 is 2.26. The van der Waals surface area contributed by atoms with Crippen LogP contribution in [0.2, 0.25) is 0 Å². The first-order valence-electron chi connectivity index (χ1n) is 10.3. The average molecular weight is 477 g/mol. The fourth-order valence-electron chi connectivity index (χ4n) is 4.69. The second-order valence-corrected chi connectivity index (χ2v) is 9.07. The molecule has 0 radical (unpaired) electrons. The van der Waals surface area contributed by atoms with E-state index in [1.54, 1.807) is 0 Å². The Morgan fingerprint density at radius 2 is 1.47 bits per heavy atom. The minimum absolute atomic E-state index is 0. The van der Waals surface area contributed by atoms with Crippen molar-refractivity contribution < 1.29 is 45.5 Å². The molecule has 3 rings (SSSR count). The summed E-state index contributed by atoms with van der Waals surface area (Å²) < 4.78 is 2.50. The fraction of sp³-hybridized carbons (Fsp3) is 0.385. The molecule has 0 aromatic heterocycles. The van der Waals surface area contributed by atoms with E-state index in [1.165, 1.54) is 55.8 Å². The van der Waals surface area contributed by atoms with Crippen LogP contribution in [0.1, 0.15) is 74.4 Å². The third kappa shape index (κ3) is 5.08. The van der Waals surface area contributed by atoms with E-state index in [9.17, 15) is 0 Å². The van der Waals surface area contributed by atoms with Crippen LogP contribution in [0, 0.1) is 20.8 Å². The molecule has 0 bridgehead atoms. The van der Waals surface area contributed by atoms with E-state index in [-0.39, 0.29) is 24.8 Å². The number of anilines is 1. The summed E-state index contributed by atoms with van der Waals surface area (Å²) in [5.74, 6) is 0. The first-order valence-corrected chi connectivity index (χ1v) is 11.0. The van der Waals surface area contributed by atoms with Crippen molar-refractivity contribution in [3.8, 4) is 0 Å². The van der Waals surface area contributed by atoms with Gasteiger partial charge in [-0.1, -0.05) is 0 Å². The summed E-state index contributed by atoms with van der Waals surface area (Å²) in [6.07, 6.45) is 2.16. The van der Waals surface area contributed by atoms with E-state index in [1.807, 2.05) is 0 Å². The summed E-state index contributed by atoms with van der Waals surface area (Å²) in [6.45, 7) is 15.8. The SMILES string of the molecule is CCC(c1ccccc1C1=C(C)C(C)=C(C)C1)[N]([Ti+2])c1c(C)cc(C)cc1C.[Cl-].[Cl-]. The molecule has 1 aliphatic rings. The predicted molar refractivity (Wildman–Crippen MR) is 118 cm³/mol. The molecule has 4 heteroatoms. The van der Waals surface area contributed by atoms with Gasteiger partial charge in [-0.3, -0.25) is 0 Å². The maximum atomic E-state index is 2.50. The van der Waals surface area contributed by atoms with Crippen molar-refractivity contribution in [1.29, 1.82) is 0 Å².